The Hall–Kier alpha value is -1.20. The third-order valence-electron chi connectivity index (χ3n) is 3.24. The minimum atomic E-state index is 0.0257. The van der Waals surface area contributed by atoms with Crippen molar-refractivity contribution < 1.29 is 4.79 Å². The standard InChI is InChI=1S/C15H25N3OS/c1-4-18(5-2)8-9-20-11-15(19)17-13-7-6-12(3)14(16)10-13/h6-7,10H,4-5,8-9,11,16H2,1-3H3,(H,17,19). The van der Waals surface area contributed by atoms with E-state index in [1.807, 2.05) is 19.1 Å². The number of benzene rings is 1. The fraction of sp³-hybridized carbons (Fsp3) is 0.533. The molecule has 1 rings (SSSR count). The molecule has 0 heterocycles. The molecule has 0 fully saturated rings. The maximum Gasteiger partial charge on any atom is 0.234 e. The molecule has 0 radical (unpaired) electrons. The van der Waals surface area contributed by atoms with Crippen LogP contribution >= 0.6 is 11.8 Å². The number of aryl methyl sites for hydroxylation is 1. The van der Waals surface area contributed by atoms with E-state index in [1.54, 1.807) is 17.8 Å². The van der Waals surface area contributed by atoms with Crippen LogP contribution in [0.2, 0.25) is 0 Å². The molecule has 20 heavy (non-hydrogen) atoms. The fourth-order valence-corrected chi connectivity index (χ4v) is 2.60. The molecule has 0 atom stereocenters. The quantitative estimate of drug-likeness (QED) is 0.572. The molecule has 0 saturated heterocycles. The number of anilines is 2. The van der Waals surface area contributed by atoms with Gasteiger partial charge in [0.2, 0.25) is 5.91 Å². The van der Waals surface area contributed by atoms with E-state index in [9.17, 15) is 4.79 Å². The highest BCUT2D eigenvalue weighted by atomic mass is 32.2. The average molecular weight is 295 g/mol. The number of carbonyl (C=O) groups is 1. The number of nitrogen functional groups attached to an aromatic ring is 1. The lowest BCUT2D eigenvalue weighted by Crippen LogP contribution is -2.26. The van der Waals surface area contributed by atoms with Gasteiger partial charge in [0.15, 0.2) is 0 Å². The minimum absolute atomic E-state index is 0.0257. The molecule has 1 aromatic rings. The Bertz CT molecular complexity index is 433. The highest BCUT2D eigenvalue weighted by Crippen LogP contribution is 2.17. The van der Waals surface area contributed by atoms with Gasteiger partial charge in [0.05, 0.1) is 5.75 Å². The Labute approximate surface area is 126 Å². The van der Waals surface area contributed by atoms with Crippen LogP contribution in [-0.2, 0) is 4.79 Å². The molecule has 112 valence electrons. The molecule has 0 aliphatic carbocycles. The van der Waals surface area contributed by atoms with Crippen molar-refractivity contribution in [3.05, 3.63) is 23.8 Å². The monoisotopic (exact) mass is 295 g/mol. The largest absolute Gasteiger partial charge is 0.398 e. The van der Waals surface area contributed by atoms with Gasteiger partial charge < -0.3 is 16.0 Å². The molecule has 0 aliphatic rings. The fourth-order valence-electron chi connectivity index (χ4n) is 1.81. The SMILES string of the molecule is CCN(CC)CCSCC(=O)Nc1ccc(C)c(N)c1. The number of amides is 1. The Morgan fingerprint density at radius 1 is 1.35 bits per heavy atom. The summed E-state index contributed by atoms with van der Waals surface area (Å²) in [4.78, 5) is 14.2. The van der Waals surface area contributed by atoms with Crippen molar-refractivity contribution in [3.63, 3.8) is 0 Å². The molecule has 0 bridgehead atoms. The number of nitrogens with zero attached hydrogens (tertiary/aromatic N) is 1. The molecular formula is C15H25N3OS. The third-order valence-corrected chi connectivity index (χ3v) is 4.18. The molecule has 3 N–H and O–H groups in total. The van der Waals surface area contributed by atoms with Gasteiger partial charge in [0, 0.05) is 23.7 Å². The molecule has 0 aliphatic heterocycles. The van der Waals surface area contributed by atoms with Gasteiger partial charge in [-0.1, -0.05) is 19.9 Å². The first-order chi connectivity index (χ1) is 9.56. The van der Waals surface area contributed by atoms with Gasteiger partial charge in [-0.25, -0.2) is 0 Å². The number of nitrogens with one attached hydrogen (secondary N) is 1. The third kappa shape index (κ3) is 5.84. The highest BCUT2D eigenvalue weighted by Gasteiger charge is 2.05. The number of hydrogen-bond donors (Lipinski definition) is 2. The predicted octanol–water partition coefficient (Wildman–Crippen LogP) is 2.59. The van der Waals surface area contributed by atoms with Gasteiger partial charge in [0.1, 0.15) is 0 Å². The van der Waals surface area contributed by atoms with E-state index in [2.05, 4.69) is 24.1 Å². The summed E-state index contributed by atoms with van der Waals surface area (Å²) in [6, 6.07) is 5.59. The Morgan fingerprint density at radius 3 is 2.65 bits per heavy atom. The molecule has 1 amide bonds. The van der Waals surface area contributed by atoms with E-state index in [0.717, 1.165) is 36.6 Å². The van der Waals surface area contributed by atoms with E-state index in [1.165, 1.54) is 0 Å². The van der Waals surface area contributed by atoms with Crippen molar-refractivity contribution in [2.75, 3.05) is 42.2 Å². The maximum atomic E-state index is 11.8. The maximum absolute atomic E-state index is 11.8. The Morgan fingerprint density at radius 2 is 2.05 bits per heavy atom. The topological polar surface area (TPSA) is 58.4 Å². The number of nitrogens with two attached hydrogens (primary N) is 1. The zero-order valence-corrected chi connectivity index (χ0v) is 13.4. The zero-order valence-electron chi connectivity index (χ0n) is 12.6. The predicted molar refractivity (Wildman–Crippen MR) is 89.3 cm³/mol. The van der Waals surface area contributed by atoms with E-state index in [4.69, 9.17) is 5.73 Å². The average Bonchev–Trinajstić information content (AvgIpc) is 2.43. The number of carbonyl (C=O) groups excluding carboxylic acids is 1. The summed E-state index contributed by atoms with van der Waals surface area (Å²) in [5.41, 5.74) is 8.32. The van der Waals surface area contributed by atoms with Gasteiger partial charge in [-0.05, 0) is 37.7 Å². The van der Waals surface area contributed by atoms with E-state index in [0.29, 0.717) is 11.4 Å². The first-order valence-corrected chi connectivity index (χ1v) is 8.18. The molecule has 1 aromatic carbocycles. The molecule has 0 saturated carbocycles. The zero-order chi connectivity index (χ0) is 15.0. The molecular weight excluding hydrogens is 270 g/mol. The summed E-state index contributed by atoms with van der Waals surface area (Å²) in [5.74, 6) is 1.48. The van der Waals surface area contributed by atoms with E-state index >= 15 is 0 Å². The first kappa shape index (κ1) is 16.9. The van der Waals surface area contributed by atoms with Gasteiger partial charge in [0.25, 0.3) is 0 Å². The lowest BCUT2D eigenvalue weighted by atomic mass is 10.2. The lowest BCUT2D eigenvalue weighted by molar-refractivity contribution is -0.113. The van der Waals surface area contributed by atoms with Crippen molar-refractivity contribution in [3.8, 4) is 0 Å². The summed E-state index contributed by atoms with van der Waals surface area (Å²) >= 11 is 1.66. The van der Waals surface area contributed by atoms with Crippen LogP contribution < -0.4 is 11.1 Å². The Kier molecular flexibility index (Phi) is 7.47. The summed E-state index contributed by atoms with van der Waals surface area (Å²) in [7, 11) is 0. The van der Waals surface area contributed by atoms with Gasteiger partial charge in [-0.15, -0.1) is 0 Å². The Balaban J connectivity index is 2.28. The van der Waals surface area contributed by atoms with Crippen LogP contribution in [0.5, 0.6) is 0 Å². The van der Waals surface area contributed by atoms with E-state index < -0.39 is 0 Å². The molecule has 5 heteroatoms. The molecule has 0 unspecified atom stereocenters. The van der Waals surface area contributed by atoms with Crippen molar-refractivity contribution in [1.29, 1.82) is 0 Å². The summed E-state index contributed by atoms with van der Waals surface area (Å²) in [6.45, 7) is 9.41. The second-order valence-corrected chi connectivity index (χ2v) is 5.80. The van der Waals surface area contributed by atoms with Gasteiger partial charge >= 0.3 is 0 Å². The van der Waals surface area contributed by atoms with Crippen LogP contribution in [0, 0.1) is 6.92 Å². The van der Waals surface area contributed by atoms with Crippen molar-refractivity contribution in [1.82, 2.24) is 4.90 Å². The first-order valence-electron chi connectivity index (χ1n) is 7.02. The summed E-state index contributed by atoms with van der Waals surface area (Å²) in [5, 5.41) is 2.87. The van der Waals surface area contributed by atoms with Crippen molar-refractivity contribution >= 4 is 29.0 Å². The van der Waals surface area contributed by atoms with Crippen molar-refractivity contribution in [2.45, 2.75) is 20.8 Å². The van der Waals surface area contributed by atoms with Crippen molar-refractivity contribution in [2.24, 2.45) is 0 Å². The highest BCUT2D eigenvalue weighted by molar-refractivity contribution is 7.99. The molecule has 0 spiro atoms. The summed E-state index contributed by atoms with van der Waals surface area (Å²) < 4.78 is 0. The van der Waals surface area contributed by atoms with Crippen LogP contribution in [0.3, 0.4) is 0 Å². The van der Waals surface area contributed by atoms with Gasteiger partial charge in [-0.2, -0.15) is 11.8 Å². The summed E-state index contributed by atoms with van der Waals surface area (Å²) in [6.07, 6.45) is 0. The molecule has 4 nitrogen and oxygen atoms in total. The minimum Gasteiger partial charge on any atom is -0.398 e. The number of hydrogen-bond acceptors (Lipinski definition) is 4. The van der Waals surface area contributed by atoms with Crippen LogP contribution in [0.1, 0.15) is 19.4 Å². The van der Waals surface area contributed by atoms with Crippen LogP contribution in [-0.4, -0.2) is 41.9 Å². The van der Waals surface area contributed by atoms with Gasteiger partial charge in [-0.3, -0.25) is 4.79 Å². The lowest BCUT2D eigenvalue weighted by Gasteiger charge is -2.17. The second kappa shape index (κ2) is 8.87. The number of thioether (sulfide) groups is 1. The number of rotatable bonds is 8. The van der Waals surface area contributed by atoms with Crippen LogP contribution in [0.4, 0.5) is 11.4 Å². The van der Waals surface area contributed by atoms with Crippen LogP contribution in [0.15, 0.2) is 18.2 Å². The second-order valence-electron chi connectivity index (χ2n) is 4.70. The van der Waals surface area contributed by atoms with Crippen LogP contribution in [0.25, 0.3) is 0 Å². The van der Waals surface area contributed by atoms with E-state index in [-0.39, 0.29) is 5.91 Å². The normalized spacial score (nSPS) is 10.8. The molecule has 0 aromatic heterocycles. The smallest absolute Gasteiger partial charge is 0.234 e.